The highest BCUT2D eigenvalue weighted by Gasteiger charge is 2.13. The second-order valence-electron chi connectivity index (χ2n) is 4.64. The predicted octanol–water partition coefficient (Wildman–Crippen LogP) is 3.64. The highest BCUT2D eigenvalue weighted by atomic mass is 19.1. The van der Waals surface area contributed by atoms with Gasteiger partial charge in [0.15, 0.2) is 0 Å². The van der Waals surface area contributed by atoms with Crippen LogP contribution in [0.5, 0.6) is 0 Å². The molecule has 2 rings (SSSR count). The first kappa shape index (κ1) is 15.0. The van der Waals surface area contributed by atoms with Crippen LogP contribution in [0, 0.1) is 5.82 Å². The molecular formula is C17H18FNO2. The number of hydrogen-bond donors (Lipinski definition) is 0. The van der Waals surface area contributed by atoms with Crippen LogP contribution in [-0.4, -0.2) is 19.6 Å². The highest BCUT2D eigenvalue weighted by molar-refractivity contribution is 5.91. The van der Waals surface area contributed by atoms with E-state index in [1.165, 1.54) is 19.2 Å². The fraction of sp³-hybridized carbons (Fsp3) is 0.235. The fourth-order valence-electron chi connectivity index (χ4n) is 2.21. The Balaban J connectivity index is 2.27. The molecule has 0 aromatic heterocycles. The Labute approximate surface area is 124 Å². The zero-order valence-electron chi connectivity index (χ0n) is 12.2. The first-order valence-electron chi connectivity index (χ1n) is 6.82. The molecule has 0 unspecified atom stereocenters. The number of halogens is 1. The van der Waals surface area contributed by atoms with Gasteiger partial charge in [-0.15, -0.1) is 0 Å². The first-order valence-corrected chi connectivity index (χ1v) is 6.82. The van der Waals surface area contributed by atoms with Crippen LogP contribution >= 0.6 is 0 Å². The van der Waals surface area contributed by atoms with Crippen molar-refractivity contribution in [2.75, 3.05) is 18.6 Å². The Bertz CT molecular complexity index is 610. The van der Waals surface area contributed by atoms with E-state index in [-0.39, 0.29) is 11.8 Å². The van der Waals surface area contributed by atoms with Gasteiger partial charge in [0, 0.05) is 18.8 Å². The van der Waals surface area contributed by atoms with Crippen LogP contribution in [0.4, 0.5) is 10.1 Å². The average molecular weight is 287 g/mol. The summed E-state index contributed by atoms with van der Waals surface area (Å²) in [6, 6.07) is 13.7. The molecule has 0 saturated heterocycles. The van der Waals surface area contributed by atoms with Crippen molar-refractivity contribution in [1.82, 2.24) is 0 Å². The van der Waals surface area contributed by atoms with Gasteiger partial charge < -0.3 is 9.64 Å². The molecule has 2 aromatic rings. The van der Waals surface area contributed by atoms with Crippen LogP contribution in [0.2, 0.25) is 0 Å². The largest absolute Gasteiger partial charge is 0.465 e. The summed E-state index contributed by atoms with van der Waals surface area (Å²) in [6.07, 6.45) is 0. The molecule has 0 radical (unpaired) electrons. The quantitative estimate of drug-likeness (QED) is 0.786. The Hall–Kier alpha value is -2.36. The highest BCUT2D eigenvalue weighted by Crippen LogP contribution is 2.20. The Kier molecular flexibility index (Phi) is 4.93. The van der Waals surface area contributed by atoms with E-state index in [9.17, 15) is 9.18 Å². The smallest absolute Gasteiger partial charge is 0.338 e. The maximum Gasteiger partial charge on any atom is 0.338 e. The van der Waals surface area contributed by atoms with E-state index in [1.807, 2.05) is 25.1 Å². The number of hydrogen-bond acceptors (Lipinski definition) is 3. The van der Waals surface area contributed by atoms with Gasteiger partial charge >= 0.3 is 5.97 Å². The zero-order chi connectivity index (χ0) is 15.2. The van der Waals surface area contributed by atoms with Gasteiger partial charge in [0.2, 0.25) is 0 Å². The molecule has 4 heteroatoms. The minimum Gasteiger partial charge on any atom is -0.465 e. The summed E-state index contributed by atoms with van der Waals surface area (Å²) in [6.45, 7) is 3.33. The van der Waals surface area contributed by atoms with Crippen molar-refractivity contribution in [3.8, 4) is 0 Å². The molecule has 0 spiro atoms. The molecule has 21 heavy (non-hydrogen) atoms. The van der Waals surface area contributed by atoms with Gasteiger partial charge in [-0.05, 0) is 42.8 Å². The molecule has 0 aliphatic rings. The fourth-order valence-corrected chi connectivity index (χ4v) is 2.21. The number of carbonyl (C=O) groups is 1. The molecule has 110 valence electrons. The van der Waals surface area contributed by atoms with Crippen molar-refractivity contribution < 1.29 is 13.9 Å². The maximum absolute atomic E-state index is 13.0. The van der Waals surface area contributed by atoms with Gasteiger partial charge in [0.25, 0.3) is 0 Å². The number of nitrogens with zero attached hydrogens (tertiary/aromatic N) is 1. The number of carbonyl (C=O) groups excluding carboxylic acids is 1. The molecule has 0 amide bonds. The van der Waals surface area contributed by atoms with E-state index in [2.05, 4.69) is 4.90 Å². The third-order valence-electron chi connectivity index (χ3n) is 3.36. The van der Waals surface area contributed by atoms with E-state index in [0.29, 0.717) is 12.1 Å². The minimum absolute atomic E-state index is 0.259. The van der Waals surface area contributed by atoms with E-state index < -0.39 is 0 Å². The molecule has 0 saturated carbocycles. The summed E-state index contributed by atoms with van der Waals surface area (Å²) in [4.78, 5) is 13.9. The topological polar surface area (TPSA) is 29.5 Å². The normalized spacial score (nSPS) is 10.2. The maximum atomic E-state index is 13.0. The number of benzene rings is 2. The van der Waals surface area contributed by atoms with Gasteiger partial charge in [0.05, 0.1) is 12.7 Å². The second-order valence-corrected chi connectivity index (χ2v) is 4.64. The molecule has 0 N–H and O–H groups in total. The Morgan fingerprint density at radius 3 is 2.43 bits per heavy atom. The monoisotopic (exact) mass is 287 g/mol. The zero-order valence-corrected chi connectivity index (χ0v) is 12.2. The molecule has 0 atom stereocenters. The first-order chi connectivity index (χ1) is 10.2. The number of rotatable bonds is 5. The molecule has 2 aromatic carbocycles. The summed E-state index contributed by atoms with van der Waals surface area (Å²) in [5.41, 5.74) is 2.36. The van der Waals surface area contributed by atoms with E-state index in [0.717, 1.165) is 17.8 Å². The van der Waals surface area contributed by atoms with E-state index in [4.69, 9.17) is 4.74 Å². The van der Waals surface area contributed by atoms with Crippen LogP contribution in [-0.2, 0) is 11.3 Å². The Morgan fingerprint density at radius 2 is 1.81 bits per heavy atom. The van der Waals surface area contributed by atoms with Crippen molar-refractivity contribution in [3.05, 3.63) is 65.5 Å². The van der Waals surface area contributed by atoms with Crippen LogP contribution < -0.4 is 4.90 Å². The number of ether oxygens (including phenoxy) is 1. The number of esters is 1. The lowest BCUT2D eigenvalue weighted by Crippen LogP contribution is -2.23. The minimum atomic E-state index is -0.347. The van der Waals surface area contributed by atoms with Crippen molar-refractivity contribution >= 4 is 11.7 Å². The molecule has 0 aliphatic carbocycles. The third-order valence-corrected chi connectivity index (χ3v) is 3.36. The molecule has 0 fully saturated rings. The summed E-state index contributed by atoms with van der Waals surface area (Å²) in [5, 5.41) is 0. The van der Waals surface area contributed by atoms with Gasteiger partial charge in [-0.1, -0.05) is 18.2 Å². The van der Waals surface area contributed by atoms with Crippen LogP contribution in [0.1, 0.15) is 22.8 Å². The number of methoxy groups -OCH3 is 1. The third kappa shape index (κ3) is 3.60. The lowest BCUT2D eigenvalue weighted by Gasteiger charge is -2.24. The summed E-state index contributed by atoms with van der Waals surface area (Å²) >= 11 is 0. The van der Waals surface area contributed by atoms with Crippen molar-refractivity contribution in [3.63, 3.8) is 0 Å². The summed E-state index contributed by atoms with van der Waals surface area (Å²) in [7, 11) is 1.37. The van der Waals surface area contributed by atoms with Crippen LogP contribution in [0.25, 0.3) is 0 Å². The molecule has 0 aliphatic heterocycles. The lowest BCUT2D eigenvalue weighted by molar-refractivity contribution is 0.0599. The molecule has 3 nitrogen and oxygen atoms in total. The average Bonchev–Trinajstić information content (AvgIpc) is 2.53. The van der Waals surface area contributed by atoms with Crippen LogP contribution in [0.15, 0.2) is 48.5 Å². The van der Waals surface area contributed by atoms with Crippen molar-refractivity contribution in [2.24, 2.45) is 0 Å². The van der Waals surface area contributed by atoms with Crippen LogP contribution in [0.3, 0.4) is 0 Å². The summed E-state index contributed by atoms with van der Waals surface area (Å²) < 4.78 is 17.8. The van der Waals surface area contributed by atoms with Gasteiger partial charge in [-0.2, -0.15) is 0 Å². The van der Waals surface area contributed by atoms with E-state index >= 15 is 0 Å². The molecular weight excluding hydrogens is 269 g/mol. The predicted molar refractivity (Wildman–Crippen MR) is 80.9 cm³/mol. The lowest BCUT2D eigenvalue weighted by atomic mass is 10.1. The van der Waals surface area contributed by atoms with Gasteiger partial charge in [-0.3, -0.25) is 0 Å². The van der Waals surface area contributed by atoms with Gasteiger partial charge in [-0.25, -0.2) is 9.18 Å². The van der Waals surface area contributed by atoms with Gasteiger partial charge in [0.1, 0.15) is 5.82 Å². The summed E-state index contributed by atoms with van der Waals surface area (Å²) in [5.74, 6) is -0.606. The van der Waals surface area contributed by atoms with Crippen molar-refractivity contribution in [2.45, 2.75) is 13.5 Å². The van der Waals surface area contributed by atoms with E-state index in [1.54, 1.807) is 18.2 Å². The molecule has 0 heterocycles. The number of anilines is 1. The SMILES string of the molecule is CCN(Cc1ccccc1C(=O)OC)c1ccc(F)cc1. The second kappa shape index (κ2) is 6.88. The van der Waals surface area contributed by atoms with Crippen molar-refractivity contribution in [1.29, 1.82) is 0 Å². The molecule has 0 bridgehead atoms. The Morgan fingerprint density at radius 1 is 1.14 bits per heavy atom. The standard InChI is InChI=1S/C17H18FNO2/c1-3-19(15-10-8-14(18)9-11-15)12-13-6-4-5-7-16(13)17(20)21-2/h4-11H,3,12H2,1-2H3.